The van der Waals surface area contributed by atoms with Crippen LogP contribution in [0.15, 0.2) is 0 Å². The van der Waals surface area contributed by atoms with E-state index in [1.807, 2.05) is 0 Å². The van der Waals surface area contributed by atoms with E-state index in [0.717, 1.165) is 0 Å². The molecule has 3 nitrogen and oxygen atoms in total. The van der Waals surface area contributed by atoms with Gasteiger partial charge in [0.2, 0.25) is 0 Å². The summed E-state index contributed by atoms with van der Waals surface area (Å²) in [7, 11) is 3.05. The zero-order chi connectivity index (χ0) is 5.70. The summed E-state index contributed by atoms with van der Waals surface area (Å²) < 4.78 is 14.2. The van der Waals surface area contributed by atoms with Crippen LogP contribution in [0.3, 0.4) is 0 Å². The zero-order valence-corrected chi connectivity index (χ0v) is 12.2. The van der Waals surface area contributed by atoms with E-state index in [2.05, 4.69) is 0 Å². The van der Waals surface area contributed by atoms with Gasteiger partial charge < -0.3 is 13.3 Å². The van der Waals surface area contributed by atoms with E-state index >= 15 is 0 Å². The fraction of sp³-hybridized carbons (Fsp3) is 1.00. The van der Waals surface area contributed by atoms with Gasteiger partial charge in [-0.3, -0.25) is 0 Å². The minimum atomic E-state index is -1.67. The minimum absolute atomic E-state index is 0. The van der Waals surface area contributed by atoms with Crippen molar-refractivity contribution in [2.75, 3.05) is 21.3 Å². The Morgan fingerprint density at radius 2 is 1.12 bits per heavy atom. The molecule has 0 spiro atoms. The Balaban J connectivity index is 0. The Kier molecular flexibility index (Phi) is 11.8. The monoisotopic (exact) mass is 332 g/mol. The molecule has 0 N–H and O–H groups in total. The second kappa shape index (κ2) is 8.02. The summed E-state index contributed by atoms with van der Waals surface area (Å²) in [6, 6.07) is 0. The standard InChI is InChI=1S/C3H10O3Si.Pb.2H/c1-4-7(5-2)6-3;;;/h7H,1-3H3;;;. The van der Waals surface area contributed by atoms with E-state index in [1.165, 1.54) is 0 Å². The molecular formula is C3H12O3PbSi. The Labute approximate surface area is 71.4 Å². The van der Waals surface area contributed by atoms with Gasteiger partial charge in [-0.1, -0.05) is 0 Å². The van der Waals surface area contributed by atoms with Crippen LogP contribution in [0.4, 0.5) is 0 Å². The molecule has 0 unspecified atom stereocenters. The molecule has 0 atom stereocenters. The van der Waals surface area contributed by atoms with Crippen LogP contribution in [0.1, 0.15) is 0 Å². The third-order valence-electron chi connectivity index (χ3n) is 0.577. The van der Waals surface area contributed by atoms with E-state index in [9.17, 15) is 0 Å². The Morgan fingerprint density at radius 3 is 1.12 bits per heavy atom. The van der Waals surface area contributed by atoms with E-state index in [-0.39, 0.29) is 27.3 Å². The summed E-state index contributed by atoms with van der Waals surface area (Å²) in [5.41, 5.74) is 0. The molecule has 0 heterocycles. The van der Waals surface area contributed by atoms with Crippen molar-refractivity contribution in [1.82, 2.24) is 0 Å². The summed E-state index contributed by atoms with van der Waals surface area (Å²) in [6.45, 7) is 0. The van der Waals surface area contributed by atoms with Crippen LogP contribution in [0, 0.1) is 0 Å². The van der Waals surface area contributed by atoms with Crippen LogP contribution in [-0.4, -0.2) is 58.2 Å². The van der Waals surface area contributed by atoms with E-state index in [4.69, 9.17) is 13.3 Å². The molecule has 0 saturated heterocycles. The van der Waals surface area contributed by atoms with Gasteiger partial charge in [-0.2, -0.15) is 0 Å². The summed E-state index contributed by atoms with van der Waals surface area (Å²) >= 11 is 0. The first-order valence-electron chi connectivity index (χ1n) is 1.93. The average molecular weight is 331 g/mol. The first kappa shape index (κ1) is 11.8. The third kappa shape index (κ3) is 5.16. The summed E-state index contributed by atoms with van der Waals surface area (Å²) in [5.74, 6) is 0. The predicted molar refractivity (Wildman–Crippen MR) is 36.7 cm³/mol. The molecule has 0 aliphatic carbocycles. The molecule has 0 fully saturated rings. The Morgan fingerprint density at radius 1 is 0.875 bits per heavy atom. The summed E-state index contributed by atoms with van der Waals surface area (Å²) in [6.07, 6.45) is 0. The van der Waals surface area contributed by atoms with Gasteiger partial charge in [0, 0.05) is 21.3 Å². The van der Waals surface area contributed by atoms with Gasteiger partial charge in [0.05, 0.1) is 0 Å². The molecule has 8 heavy (non-hydrogen) atoms. The van der Waals surface area contributed by atoms with Crippen molar-refractivity contribution >= 4 is 36.8 Å². The Bertz CT molecular complexity index is 36.0. The van der Waals surface area contributed by atoms with Crippen molar-refractivity contribution in [3.05, 3.63) is 0 Å². The fourth-order valence-corrected chi connectivity index (χ4v) is 0.866. The quantitative estimate of drug-likeness (QED) is 0.604. The van der Waals surface area contributed by atoms with Crippen LogP contribution in [0.2, 0.25) is 0 Å². The first-order valence-corrected chi connectivity index (χ1v) is 3.35. The molecule has 0 aromatic carbocycles. The summed E-state index contributed by atoms with van der Waals surface area (Å²) in [5, 5.41) is 0. The van der Waals surface area contributed by atoms with Gasteiger partial charge in [-0.15, -0.1) is 0 Å². The van der Waals surface area contributed by atoms with Crippen molar-refractivity contribution in [2.45, 2.75) is 0 Å². The molecule has 0 bridgehead atoms. The molecule has 0 saturated carbocycles. The molecule has 0 amide bonds. The van der Waals surface area contributed by atoms with Crippen molar-refractivity contribution < 1.29 is 13.3 Å². The van der Waals surface area contributed by atoms with Gasteiger partial charge in [-0.05, 0) is 0 Å². The molecule has 5 heteroatoms. The van der Waals surface area contributed by atoms with Crippen LogP contribution >= 0.6 is 0 Å². The van der Waals surface area contributed by atoms with Gasteiger partial charge in [0.25, 0.3) is 0 Å². The van der Waals surface area contributed by atoms with Crippen molar-refractivity contribution in [1.29, 1.82) is 0 Å². The van der Waals surface area contributed by atoms with Crippen molar-refractivity contribution in [3.63, 3.8) is 0 Å². The molecule has 0 aliphatic rings. The summed E-state index contributed by atoms with van der Waals surface area (Å²) in [4.78, 5) is 0. The van der Waals surface area contributed by atoms with Gasteiger partial charge in [0.15, 0.2) is 0 Å². The van der Waals surface area contributed by atoms with Crippen molar-refractivity contribution in [2.24, 2.45) is 0 Å². The van der Waals surface area contributed by atoms with Crippen LogP contribution < -0.4 is 0 Å². The zero-order valence-electron chi connectivity index (χ0n) is 5.51. The van der Waals surface area contributed by atoms with E-state index in [1.54, 1.807) is 21.3 Å². The van der Waals surface area contributed by atoms with Gasteiger partial charge >= 0.3 is 36.8 Å². The van der Waals surface area contributed by atoms with E-state index < -0.39 is 9.53 Å². The molecule has 50 valence electrons. The Hall–Kier alpha value is 1.02. The molecule has 2 radical (unpaired) electrons. The SMILES string of the molecule is CO[SiH](OC)OC.[PbH2]. The van der Waals surface area contributed by atoms with Crippen molar-refractivity contribution in [3.8, 4) is 0 Å². The number of rotatable bonds is 3. The predicted octanol–water partition coefficient (Wildman–Crippen LogP) is -1.27. The molecule has 0 rings (SSSR count). The topological polar surface area (TPSA) is 27.7 Å². The second-order valence-corrected chi connectivity index (χ2v) is 2.99. The average Bonchev–Trinajstić information content (AvgIpc) is 1.72. The van der Waals surface area contributed by atoms with Gasteiger partial charge in [-0.25, -0.2) is 0 Å². The molecular weight excluding hydrogens is 319 g/mol. The van der Waals surface area contributed by atoms with Crippen LogP contribution in [0.5, 0.6) is 0 Å². The van der Waals surface area contributed by atoms with Crippen LogP contribution in [-0.2, 0) is 13.3 Å². The van der Waals surface area contributed by atoms with Crippen LogP contribution in [0.25, 0.3) is 0 Å². The molecule has 0 aromatic heterocycles. The second-order valence-electron chi connectivity index (χ2n) is 0.996. The molecule has 0 aromatic rings. The maximum atomic E-state index is 4.74. The number of hydrogen-bond donors (Lipinski definition) is 0. The molecule has 0 aliphatic heterocycles. The maximum absolute atomic E-state index is 4.74. The van der Waals surface area contributed by atoms with E-state index in [0.29, 0.717) is 0 Å². The third-order valence-corrected chi connectivity index (χ3v) is 1.73. The first-order chi connectivity index (χ1) is 3.35. The fourth-order valence-electron chi connectivity index (χ4n) is 0.289. The number of hydrogen-bond acceptors (Lipinski definition) is 3. The van der Waals surface area contributed by atoms with Gasteiger partial charge in [0.1, 0.15) is 0 Å². The normalized spacial score (nSPS) is 9.00.